The smallest absolute Gasteiger partial charge is 0.219 e. The van der Waals surface area contributed by atoms with E-state index < -0.39 is 0 Å². The Balaban J connectivity index is 1.55. The van der Waals surface area contributed by atoms with E-state index in [1.54, 1.807) is 6.20 Å². The van der Waals surface area contributed by atoms with Gasteiger partial charge in [-0.2, -0.15) is 0 Å². The fourth-order valence-electron chi connectivity index (χ4n) is 3.90. The number of benzene rings is 1. The Hall–Kier alpha value is -2.46. The maximum Gasteiger partial charge on any atom is 0.219 e. The molecule has 1 aliphatic carbocycles. The molecule has 0 radical (unpaired) electrons. The number of pyridine rings is 2. The lowest BCUT2D eigenvalue weighted by Crippen LogP contribution is -2.10. The topological polar surface area (TPSA) is 55.2 Å². The molecule has 0 unspecified atom stereocenters. The number of hydrogen-bond acceptors (Lipinski definition) is 4. The fourth-order valence-corrected chi connectivity index (χ4v) is 3.90. The van der Waals surface area contributed by atoms with E-state index in [0.29, 0.717) is 18.4 Å². The van der Waals surface area contributed by atoms with Gasteiger partial charge < -0.3 is 9.84 Å². The number of aliphatic hydroxyl groups is 1. The molecule has 0 amide bonds. The Kier molecular flexibility index (Phi) is 5.12. The summed E-state index contributed by atoms with van der Waals surface area (Å²) in [4.78, 5) is 9.02. The highest BCUT2D eigenvalue weighted by molar-refractivity contribution is 5.78. The van der Waals surface area contributed by atoms with E-state index in [0.717, 1.165) is 22.2 Å². The summed E-state index contributed by atoms with van der Waals surface area (Å²) in [7, 11) is 0. The molecule has 0 bridgehead atoms. The van der Waals surface area contributed by atoms with Crippen LogP contribution in [0.1, 0.15) is 54.8 Å². The minimum atomic E-state index is -0.0415. The predicted octanol–water partition coefficient (Wildman–Crippen LogP) is 4.75. The van der Waals surface area contributed by atoms with E-state index >= 15 is 0 Å². The molecular formula is C22H24N2O2. The van der Waals surface area contributed by atoms with Crippen LogP contribution in [-0.2, 0) is 13.2 Å². The first-order valence-corrected chi connectivity index (χ1v) is 9.41. The minimum absolute atomic E-state index is 0.0415. The molecule has 1 saturated carbocycles. The van der Waals surface area contributed by atoms with Gasteiger partial charge in [0, 0.05) is 17.1 Å². The Morgan fingerprint density at radius 2 is 1.85 bits per heavy atom. The van der Waals surface area contributed by atoms with Gasteiger partial charge in [-0.1, -0.05) is 43.5 Å². The number of ether oxygens (including phenoxy) is 1. The number of aromatic nitrogens is 2. The molecule has 2 aromatic heterocycles. The third-order valence-electron chi connectivity index (χ3n) is 5.27. The maximum absolute atomic E-state index is 9.93. The molecule has 0 aliphatic heterocycles. The Morgan fingerprint density at radius 1 is 1.00 bits per heavy atom. The Labute approximate surface area is 153 Å². The first kappa shape index (κ1) is 17.0. The van der Waals surface area contributed by atoms with Gasteiger partial charge in [0.25, 0.3) is 0 Å². The lowest BCUT2D eigenvalue weighted by atomic mass is 9.82. The summed E-state index contributed by atoms with van der Waals surface area (Å²) in [6, 6.07) is 14.1. The summed E-state index contributed by atoms with van der Waals surface area (Å²) in [5.74, 6) is 1.04. The summed E-state index contributed by atoms with van der Waals surface area (Å²) < 4.78 is 5.96. The highest BCUT2D eigenvalue weighted by Crippen LogP contribution is 2.36. The van der Waals surface area contributed by atoms with E-state index in [4.69, 9.17) is 4.74 Å². The van der Waals surface area contributed by atoms with E-state index in [1.165, 1.54) is 37.7 Å². The Bertz CT molecular complexity index is 888. The summed E-state index contributed by atoms with van der Waals surface area (Å²) in [6.45, 7) is 0.305. The average Bonchev–Trinajstić information content (AvgIpc) is 2.72. The zero-order valence-electron chi connectivity index (χ0n) is 14.9. The molecule has 4 nitrogen and oxygen atoms in total. The van der Waals surface area contributed by atoms with E-state index in [1.807, 2.05) is 36.4 Å². The van der Waals surface area contributed by atoms with Gasteiger partial charge in [-0.15, -0.1) is 0 Å². The van der Waals surface area contributed by atoms with Crippen LogP contribution in [0.5, 0.6) is 5.88 Å². The molecule has 0 saturated heterocycles. The molecule has 4 rings (SSSR count). The molecule has 134 valence electrons. The van der Waals surface area contributed by atoms with Crippen LogP contribution in [0.25, 0.3) is 10.9 Å². The molecule has 3 aromatic rings. The second-order valence-corrected chi connectivity index (χ2v) is 6.96. The number of rotatable bonds is 5. The van der Waals surface area contributed by atoms with Gasteiger partial charge in [0.15, 0.2) is 0 Å². The van der Waals surface area contributed by atoms with Crippen LogP contribution in [-0.4, -0.2) is 15.1 Å². The van der Waals surface area contributed by atoms with Crippen molar-refractivity contribution in [2.45, 2.75) is 51.2 Å². The molecule has 1 aliphatic rings. The highest BCUT2D eigenvalue weighted by Gasteiger charge is 2.21. The van der Waals surface area contributed by atoms with Crippen LogP contribution < -0.4 is 4.74 Å². The molecule has 1 fully saturated rings. The molecule has 0 spiro atoms. The number of fused-ring (bicyclic) bond motifs is 1. The largest absolute Gasteiger partial charge is 0.471 e. The normalized spacial score (nSPS) is 15.3. The van der Waals surface area contributed by atoms with Gasteiger partial charge in [0.2, 0.25) is 5.88 Å². The molecule has 2 heterocycles. The summed E-state index contributed by atoms with van der Waals surface area (Å²) in [6.07, 6.45) is 7.99. The van der Waals surface area contributed by atoms with Crippen molar-refractivity contribution < 1.29 is 9.84 Å². The number of nitrogens with zero attached hydrogens (tertiary/aromatic N) is 2. The van der Waals surface area contributed by atoms with Crippen molar-refractivity contribution in [1.29, 1.82) is 0 Å². The zero-order valence-corrected chi connectivity index (χ0v) is 14.9. The van der Waals surface area contributed by atoms with Crippen molar-refractivity contribution in [1.82, 2.24) is 9.97 Å². The van der Waals surface area contributed by atoms with Crippen LogP contribution in [0.2, 0.25) is 0 Å². The maximum atomic E-state index is 9.93. The highest BCUT2D eigenvalue weighted by atomic mass is 16.5. The van der Waals surface area contributed by atoms with Gasteiger partial charge >= 0.3 is 0 Å². The predicted molar refractivity (Wildman–Crippen MR) is 102 cm³/mol. The fraction of sp³-hybridized carbons (Fsp3) is 0.364. The lowest BCUT2D eigenvalue weighted by Gasteiger charge is -2.24. The molecule has 0 atom stereocenters. The monoisotopic (exact) mass is 348 g/mol. The first-order chi connectivity index (χ1) is 12.8. The lowest BCUT2D eigenvalue weighted by molar-refractivity contribution is 0.248. The van der Waals surface area contributed by atoms with Crippen LogP contribution in [0.4, 0.5) is 0 Å². The minimum Gasteiger partial charge on any atom is -0.471 e. The van der Waals surface area contributed by atoms with Gasteiger partial charge in [-0.25, -0.2) is 9.97 Å². The van der Waals surface area contributed by atoms with Gasteiger partial charge in [0.1, 0.15) is 6.61 Å². The second-order valence-electron chi connectivity index (χ2n) is 6.96. The number of aliphatic hydroxyl groups excluding tert-OH is 1. The van der Waals surface area contributed by atoms with Crippen LogP contribution >= 0.6 is 0 Å². The molecule has 1 aromatic carbocycles. The standard InChI is InChI=1S/C22H24N2O2/c25-14-20-19(16-6-2-1-3-7-16)12-13-23-22(20)26-15-18-11-10-17-8-4-5-9-21(17)24-18/h4-5,8-13,16,25H,1-3,6-7,14-15H2. The number of hydrogen-bond donors (Lipinski definition) is 1. The van der Waals surface area contributed by atoms with Crippen molar-refractivity contribution in [2.75, 3.05) is 0 Å². The van der Waals surface area contributed by atoms with Crippen molar-refractivity contribution in [3.63, 3.8) is 0 Å². The van der Waals surface area contributed by atoms with Gasteiger partial charge in [-0.3, -0.25) is 0 Å². The summed E-state index contributed by atoms with van der Waals surface area (Å²) in [5, 5.41) is 11.0. The quantitative estimate of drug-likeness (QED) is 0.723. The van der Waals surface area contributed by atoms with Crippen molar-refractivity contribution in [3.05, 3.63) is 65.5 Å². The van der Waals surface area contributed by atoms with Crippen LogP contribution in [0, 0.1) is 0 Å². The van der Waals surface area contributed by atoms with Crippen molar-refractivity contribution in [2.24, 2.45) is 0 Å². The van der Waals surface area contributed by atoms with E-state index in [2.05, 4.69) is 16.0 Å². The third-order valence-corrected chi connectivity index (χ3v) is 5.27. The zero-order chi connectivity index (χ0) is 17.8. The molecule has 1 N–H and O–H groups in total. The van der Waals surface area contributed by atoms with Crippen molar-refractivity contribution in [3.8, 4) is 5.88 Å². The summed E-state index contributed by atoms with van der Waals surface area (Å²) in [5.41, 5.74) is 3.85. The van der Waals surface area contributed by atoms with Crippen LogP contribution in [0.15, 0.2) is 48.7 Å². The number of para-hydroxylation sites is 1. The second kappa shape index (κ2) is 7.83. The first-order valence-electron chi connectivity index (χ1n) is 9.41. The Morgan fingerprint density at radius 3 is 2.69 bits per heavy atom. The van der Waals surface area contributed by atoms with Crippen molar-refractivity contribution >= 4 is 10.9 Å². The van der Waals surface area contributed by atoms with E-state index in [-0.39, 0.29) is 6.61 Å². The van der Waals surface area contributed by atoms with Gasteiger partial charge in [-0.05, 0) is 42.5 Å². The SMILES string of the molecule is OCc1c(C2CCCCC2)ccnc1OCc1ccc2ccccc2n1. The summed E-state index contributed by atoms with van der Waals surface area (Å²) >= 11 is 0. The average molecular weight is 348 g/mol. The molecule has 26 heavy (non-hydrogen) atoms. The molecule has 4 heteroatoms. The molecular weight excluding hydrogens is 324 g/mol. The van der Waals surface area contributed by atoms with Gasteiger partial charge in [0.05, 0.1) is 17.8 Å². The third kappa shape index (κ3) is 3.56. The van der Waals surface area contributed by atoms with Crippen LogP contribution in [0.3, 0.4) is 0 Å². The van der Waals surface area contributed by atoms with E-state index in [9.17, 15) is 5.11 Å².